The summed E-state index contributed by atoms with van der Waals surface area (Å²) in [7, 11) is 0. The molecule has 5 nitrogen and oxygen atoms in total. The highest BCUT2D eigenvalue weighted by atomic mass is 79.9. The highest BCUT2D eigenvalue weighted by Gasteiger charge is 2.11. The number of nitrogens with zero attached hydrogens (tertiary/aromatic N) is 2. The summed E-state index contributed by atoms with van der Waals surface area (Å²) in [6.07, 6.45) is 1.67. The molecule has 0 atom stereocenters. The van der Waals surface area contributed by atoms with Crippen LogP contribution in [0.4, 0.5) is 5.88 Å². The molecule has 21 heavy (non-hydrogen) atoms. The molecule has 0 aliphatic rings. The Morgan fingerprint density at radius 1 is 1.10 bits per heavy atom. The molecule has 0 fully saturated rings. The van der Waals surface area contributed by atoms with E-state index in [4.69, 9.17) is 4.52 Å². The maximum atomic E-state index is 12.0. The lowest BCUT2D eigenvalue weighted by Crippen LogP contribution is -2.10. The average molecular weight is 344 g/mol. The van der Waals surface area contributed by atoms with Crippen molar-refractivity contribution in [2.24, 2.45) is 0 Å². The van der Waals surface area contributed by atoms with Crippen molar-refractivity contribution >= 4 is 27.7 Å². The van der Waals surface area contributed by atoms with Gasteiger partial charge in [0.25, 0.3) is 5.91 Å². The fourth-order valence-electron chi connectivity index (χ4n) is 1.75. The van der Waals surface area contributed by atoms with Crippen LogP contribution in [0.2, 0.25) is 0 Å². The lowest BCUT2D eigenvalue weighted by atomic mass is 10.2. The average Bonchev–Trinajstić information content (AvgIpc) is 2.97. The molecule has 0 spiro atoms. The number of nitrogens with one attached hydrogen (secondary N) is 1. The van der Waals surface area contributed by atoms with Crippen molar-refractivity contribution in [2.75, 3.05) is 5.32 Å². The topological polar surface area (TPSA) is 68.0 Å². The monoisotopic (exact) mass is 343 g/mol. The Balaban J connectivity index is 1.75. The molecule has 1 aromatic carbocycles. The van der Waals surface area contributed by atoms with Crippen molar-refractivity contribution in [1.82, 2.24) is 10.1 Å². The van der Waals surface area contributed by atoms with Gasteiger partial charge in [0.1, 0.15) is 5.69 Å². The van der Waals surface area contributed by atoms with Crippen LogP contribution in [-0.4, -0.2) is 16.0 Å². The quantitative estimate of drug-likeness (QED) is 0.786. The van der Waals surface area contributed by atoms with E-state index in [1.165, 1.54) is 0 Å². The zero-order valence-corrected chi connectivity index (χ0v) is 12.4. The van der Waals surface area contributed by atoms with Crippen molar-refractivity contribution in [1.29, 1.82) is 0 Å². The maximum Gasteiger partial charge on any atom is 0.258 e. The molecule has 0 radical (unpaired) electrons. The van der Waals surface area contributed by atoms with Crippen LogP contribution in [0.3, 0.4) is 0 Å². The molecule has 0 saturated heterocycles. The van der Waals surface area contributed by atoms with E-state index in [9.17, 15) is 4.79 Å². The SMILES string of the molecule is O=C(Nc1cc(-c2ccccn2)no1)c1ccc(Br)cc1. The Morgan fingerprint density at radius 2 is 1.90 bits per heavy atom. The molecule has 6 heteroatoms. The van der Waals surface area contributed by atoms with E-state index in [-0.39, 0.29) is 11.8 Å². The van der Waals surface area contributed by atoms with Crippen LogP contribution in [0.1, 0.15) is 10.4 Å². The fraction of sp³-hybridized carbons (Fsp3) is 0. The Labute approximate surface area is 129 Å². The maximum absolute atomic E-state index is 12.0. The summed E-state index contributed by atoms with van der Waals surface area (Å²) in [6, 6.07) is 14.2. The first-order valence-corrected chi connectivity index (χ1v) is 6.97. The molecule has 0 saturated carbocycles. The van der Waals surface area contributed by atoms with Crippen molar-refractivity contribution < 1.29 is 9.32 Å². The molecule has 3 rings (SSSR count). The third-order valence-electron chi connectivity index (χ3n) is 2.78. The number of carbonyl (C=O) groups excluding carboxylic acids is 1. The molecule has 1 amide bonds. The summed E-state index contributed by atoms with van der Waals surface area (Å²) in [5.41, 5.74) is 1.79. The van der Waals surface area contributed by atoms with Gasteiger partial charge in [-0.05, 0) is 36.4 Å². The second-order valence-corrected chi connectivity index (χ2v) is 5.17. The molecular weight excluding hydrogens is 334 g/mol. The van der Waals surface area contributed by atoms with Gasteiger partial charge in [0, 0.05) is 22.3 Å². The predicted molar refractivity (Wildman–Crippen MR) is 81.8 cm³/mol. The van der Waals surface area contributed by atoms with E-state index >= 15 is 0 Å². The number of aromatic nitrogens is 2. The summed E-state index contributed by atoms with van der Waals surface area (Å²) < 4.78 is 6.02. The van der Waals surface area contributed by atoms with Gasteiger partial charge >= 0.3 is 0 Å². The number of hydrogen-bond donors (Lipinski definition) is 1. The van der Waals surface area contributed by atoms with Gasteiger partial charge in [0.15, 0.2) is 0 Å². The summed E-state index contributed by atoms with van der Waals surface area (Å²) in [4.78, 5) is 16.2. The first kappa shape index (κ1) is 13.5. The van der Waals surface area contributed by atoms with Crippen molar-refractivity contribution in [3.05, 3.63) is 64.8 Å². The van der Waals surface area contributed by atoms with Gasteiger partial charge in [0.2, 0.25) is 5.88 Å². The Kier molecular flexibility index (Phi) is 3.79. The highest BCUT2D eigenvalue weighted by Crippen LogP contribution is 2.20. The van der Waals surface area contributed by atoms with Crippen molar-refractivity contribution in [3.63, 3.8) is 0 Å². The van der Waals surface area contributed by atoms with Crippen LogP contribution in [-0.2, 0) is 0 Å². The zero-order valence-electron chi connectivity index (χ0n) is 10.8. The van der Waals surface area contributed by atoms with E-state index in [0.29, 0.717) is 17.0 Å². The minimum atomic E-state index is -0.258. The lowest BCUT2D eigenvalue weighted by Gasteiger charge is -2.00. The van der Waals surface area contributed by atoms with E-state index < -0.39 is 0 Å². The molecule has 0 aliphatic heterocycles. The molecule has 1 N–H and O–H groups in total. The fourth-order valence-corrected chi connectivity index (χ4v) is 2.02. The predicted octanol–water partition coefficient (Wildman–Crippen LogP) is 3.75. The second-order valence-electron chi connectivity index (χ2n) is 4.25. The van der Waals surface area contributed by atoms with Gasteiger partial charge in [-0.1, -0.05) is 27.2 Å². The van der Waals surface area contributed by atoms with Gasteiger partial charge in [-0.25, -0.2) is 0 Å². The highest BCUT2D eigenvalue weighted by molar-refractivity contribution is 9.10. The number of rotatable bonds is 3. The van der Waals surface area contributed by atoms with Gasteiger partial charge in [-0.3, -0.25) is 15.1 Å². The van der Waals surface area contributed by atoms with Gasteiger partial charge in [0.05, 0.1) is 5.69 Å². The van der Waals surface area contributed by atoms with Gasteiger partial charge in [-0.15, -0.1) is 0 Å². The van der Waals surface area contributed by atoms with E-state index in [0.717, 1.165) is 4.47 Å². The van der Waals surface area contributed by atoms with E-state index in [1.807, 2.05) is 18.2 Å². The van der Waals surface area contributed by atoms with Crippen LogP contribution < -0.4 is 5.32 Å². The zero-order chi connectivity index (χ0) is 14.7. The molecular formula is C15H10BrN3O2. The number of amides is 1. The molecule has 0 bridgehead atoms. The minimum absolute atomic E-state index is 0.258. The first-order chi connectivity index (χ1) is 10.2. The minimum Gasteiger partial charge on any atom is -0.338 e. The first-order valence-electron chi connectivity index (χ1n) is 6.17. The summed E-state index contributed by atoms with van der Waals surface area (Å²) in [5.74, 6) is 0.0230. The molecule has 3 aromatic rings. The Morgan fingerprint density at radius 3 is 2.62 bits per heavy atom. The smallest absolute Gasteiger partial charge is 0.258 e. The molecule has 2 aromatic heterocycles. The molecule has 0 unspecified atom stereocenters. The van der Waals surface area contributed by atoms with Crippen LogP contribution in [0.25, 0.3) is 11.4 Å². The lowest BCUT2D eigenvalue weighted by molar-refractivity contribution is 0.102. The summed E-state index contributed by atoms with van der Waals surface area (Å²) >= 11 is 3.32. The standard InChI is InChI=1S/C15H10BrN3O2/c16-11-6-4-10(5-7-11)15(20)18-14-9-13(19-21-14)12-3-1-2-8-17-12/h1-9H,(H,18,20). The number of benzene rings is 1. The third kappa shape index (κ3) is 3.17. The number of hydrogen-bond acceptors (Lipinski definition) is 4. The van der Waals surface area contributed by atoms with E-state index in [2.05, 4.69) is 31.4 Å². The summed E-state index contributed by atoms with van der Waals surface area (Å²) in [6.45, 7) is 0. The largest absolute Gasteiger partial charge is 0.338 e. The Bertz CT molecular complexity index is 754. The van der Waals surface area contributed by atoms with Crippen molar-refractivity contribution in [3.8, 4) is 11.4 Å². The van der Waals surface area contributed by atoms with Crippen LogP contribution >= 0.6 is 15.9 Å². The second kappa shape index (κ2) is 5.88. The molecule has 2 heterocycles. The number of carbonyl (C=O) groups is 1. The van der Waals surface area contributed by atoms with Gasteiger partial charge in [-0.2, -0.15) is 0 Å². The van der Waals surface area contributed by atoms with Crippen LogP contribution in [0.15, 0.2) is 63.7 Å². The van der Waals surface area contributed by atoms with Crippen molar-refractivity contribution in [2.45, 2.75) is 0 Å². The Hall–Kier alpha value is -2.47. The number of anilines is 1. The van der Waals surface area contributed by atoms with Gasteiger partial charge < -0.3 is 4.52 Å². The third-order valence-corrected chi connectivity index (χ3v) is 3.31. The molecule has 0 aliphatic carbocycles. The number of halogens is 1. The normalized spacial score (nSPS) is 10.3. The number of pyridine rings is 1. The van der Waals surface area contributed by atoms with Crippen LogP contribution in [0.5, 0.6) is 0 Å². The molecule has 104 valence electrons. The summed E-state index contributed by atoms with van der Waals surface area (Å²) in [5, 5.41) is 6.54. The van der Waals surface area contributed by atoms with E-state index in [1.54, 1.807) is 36.5 Å². The van der Waals surface area contributed by atoms with Crippen LogP contribution in [0, 0.1) is 0 Å².